The molecule has 0 aliphatic carbocycles. The molecule has 0 radical (unpaired) electrons. The maximum Gasteiger partial charge on any atom is 0.220 e. The molecule has 0 aliphatic rings. The zero-order chi connectivity index (χ0) is 14.1. The highest BCUT2D eigenvalue weighted by Gasteiger charge is 2.10. The lowest BCUT2D eigenvalue weighted by Gasteiger charge is -2.16. The molecular formula is C15H24ClFN2O. The van der Waals surface area contributed by atoms with Gasteiger partial charge in [0.2, 0.25) is 5.91 Å². The zero-order valence-corrected chi connectivity index (χ0v) is 12.7. The molecule has 0 fully saturated rings. The van der Waals surface area contributed by atoms with E-state index < -0.39 is 0 Å². The molecule has 5 heteroatoms. The summed E-state index contributed by atoms with van der Waals surface area (Å²) in [5.41, 5.74) is 6.60. The minimum Gasteiger partial charge on any atom is -0.352 e. The first-order valence-corrected chi connectivity index (χ1v) is 6.89. The van der Waals surface area contributed by atoms with Crippen LogP contribution in [0.1, 0.15) is 38.2 Å². The number of aryl methyl sites for hydroxylation is 1. The highest BCUT2D eigenvalue weighted by molar-refractivity contribution is 5.85. The molecule has 0 heterocycles. The maximum absolute atomic E-state index is 12.7. The molecule has 0 saturated carbocycles. The molecule has 0 aliphatic heterocycles. The molecule has 20 heavy (non-hydrogen) atoms. The topological polar surface area (TPSA) is 55.1 Å². The summed E-state index contributed by atoms with van der Waals surface area (Å²) in [4.78, 5) is 11.8. The van der Waals surface area contributed by atoms with Crippen LogP contribution in [0, 0.1) is 5.82 Å². The summed E-state index contributed by atoms with van der Waals surface area (Å²) in [5, 5.41) is 2.95. The molecule has 3 nitrogen and oxygen atoms in total. The summed E-state index contributed by atoms with van der Waals surface area (Å²) >= 11 is 0. The average molecular weight is 303 g/mol. The number of benzene rings is 1. The van der Waals surface area contributed by atoms with E-state index in [0.717, 1.165) is 24.8 Å². The van der Waals surface area contributed by atoms with Crippen molar-refractivity contribution in [3.63, 3.8) is 0 Å². The van der Waals surface area contributed by atoms with Gasteiger partial charge in [-0.2, -0.15) is 0 Å². The Kier molecular flexibility index (Phi) is 10.0. The fraction of sp³-hybridized carbons (Fsp3) is 0.533. The number of carbonyl (C=O) groups excluding carboxylic acids is 1. The third-order valence-corrected chi connectivity index (χ3v) is 3.11. The third kappa shape index (κ3) is 7.46. The van der Waals surface area contributed by atoms with Crippen molar-refractivity contribution in [2.24, 2.45) is 5.73 Å². The number of rotatable bonds is 8. The van der Waals surface area contributed by atoms with Crippen molar-refractivity contribution in [3.8, 4) is 0 Å². The van der Waals surface area contributed by atoms with Gasteiger partial charge in [-0.15, -0.1) is 12.4 Å². The zero-order valence-electron chi connectivity index (χ0n) is 11.9. The number of amides is 1. The van der Waals surface area contributed by atoms with E-state index in [9.17, 15) is 9.18 Å². The molecule has 1 aromatic carbocycles. The first-order valence-electron chi connectivity index (χ1n) is 6.89. The van der Waals surface area contributed by atoms with Gasteiger partial charge in [0.25, 0.3) is 0 Å². The molecule has 3 N–H and O–H groups in total. The SMILES string of the molecule is CCCCC(CN)NC(=O)CCc1ccc(F)cc1.Cl. The Labute approximate surface area is 126 Å². The van der Waals surface area contributed by atoms with Crippen molar-refractivity contribution in [2.75, 3.05) is 6.54 Å². The Bertz CT molecular complexity index is 384. The van der Waals surface area contributed by atoms with Crippen molar-refractivity contribution in [1.82, 2.24) is 5.32 Å². The molecular weight excluding hydrogens is 279 g/mol. The molecule has 1 unspecified atom stereocenters. The second-order valence-corrected chi connectivity index (χ2v) is 4.77. The van der Waals surface area contributed by atoms with E-state index >= 15 is 0 Å². The smallest absolute Gasteiger partial charge is 0.220 e. The van der Waals surface area contributed by atoms with Crippen molar-refractivity contribution < 1.29 is 9.18 Å². The fourth-order valence-electron chi connectivity index (χ4n) is 1.91. The molecule has 114 valence electrons. The normalized spacial score (nSPS) is 11.6. The Morgan fingerprint density at radius 2 is 2.00 bits per heavy atom. The summed E-state index contributed by atoms with van der Waals surface area (Å²) in [5.74, 6) is -0.244. The lowest BCUT2D eigenvalue weighted by Crippen LogP contribution is -2.40. The van der Waals surface area contributed by atoms with E-state index in [4.69, 9.17) is 5.73 Å². The van der Waals surface area contributed by atoms with Gasteiger partial charge in [0.15, 0.2) is 0 Å². The highest BCUT2D eigenvalue weighted by Crippen LogP contribution is 2.06. The van der Waals surface area contributed by atoms with E-state index in [1.165, 1.54) is 12.1 Å². The van der Waals surface area contributed by atoms with Crippen LogP contribution in [-0.2, 0) is 11.2 Å². The van der Waals surface area contributed by atoms with Gasteiger partial charge in [0.05, 0.1) is 0 Å². The molecule has 1 atom stereocenters. The van der Waals surface area contributed by atoms with Crippen LogP contribution < -0.4 is 11.1 Å². The number of unbranched alkanes of at least 4 members (excludes halogenated alkanes) is 1. The number of hydrogen-bond acceptors (Lipinski definition) is 2. The second kappa shape index (κ2) is 10.6. The molecule has 1 amide bonds. The molecule has 0 aromatic heterocycles. The van der Waals surface area contributed by atoms with Gasteiger partial charge in [0, 0.05) is 19.0 Å². The molecule has 1 rings (SSSR count). The number of halogens is 2. The summed E-state index contributed by atoms with van der Waals surface area (Å²) < 4.78 is 12.7. The Hall–Kier alpha value is -1.13. The summed E-state index contributed by atoms with van der Waals surface area (Å²) in [6.07, 6.45) is 4.13. The maximum atomic E-state index is 12.7. The van der Waals surface area contributed by atoms with Crippen molar-refractivity contribution in [3.05, 3.63) is 35.6 Å². The van der Waals surface area contributed by atoms with Crippen LogP contribution in [0.2, 0.25) is 0 Å². The van der Waals surface area contributed by atoms with Crippen LogP contribution in [0.25, 0.3) is 0 Å². The van der Waals surface area contributed by atoms with E-state index in [-0.39, 0.29) is 30.2 Å². The van der Waals surface area contributed by atoms with Gasteiger partial charge in [-0.1, -0.05) is 31.9 Å². The average Bonchev–Trinajstić information content (AvgIpc) is 2.42. The van der Waals surface area contributed by atoms with Crippen LogP contribution in [0.15, 0.2) is 24.3 Å². The van der Waals surface area contributed by atoms with Gasteiger partial charge >= 0.3 is 0 Å². The van der Waals surface area contributed by atoms with E-state index in [2.05, 4.69) is 12.2 Å². The first-order chi connectivity index (χ1) is 9.15. The minimum atomic E-state index is -0.254. The van der Waals surface area contributed by atoms with Gasteiger partial charge in [-0.3, -0.25) is 4.79 Å². The van der Waals surface area contributed by atoms with Gasteiger partial charge < -0.3 is 11.1 Å². The largest absolute Gasteiger partial charge is 0.352 e. The number of nitrogens with two attached hydrogens (primary N) is 1. The predicted octanol–water partition coefficient (Wildman–Crippen LogP) is 2.81. The Balaban J connectivity index is 0.00000361. The Morgan fingerprint density at radius 3 is 2.55 bits per heavy atom. The number of hydrogen-bond donors (Lipinski definition) is 2. The summed E-state index contributed by atoms with van der Waals surface area (Å²) in [6.45, 7) is 2.59. The van der Waals surface area contributed by atoms with Crippen LogP contribution in [-0.4, -0.2) is 18.5 Å². The minimum absolute atomic E-state index is 0. The van der Waals surface area contributed by atoms with E-state index in [1.54, 1.807) is 12.1 Å². The van der Waals surface area contributed by atoms with Crippen molar-refractivity contribution in [1.29, 1.82) is 0 Å². The van der Waals surface area contributed by atoms with Crippen LogP contribution >= 0.6 is 12.4 Å². The molecule has 1 aromatic rings. The lowest BCUT2D eigenvalue weighted by atomic mass is 10.1. The summed E-state index contributed by atoms with van der Waals surface area (Å²) in [7, 11) is 0. The number of carbonyl (C=O) groups is 1. The fourth-order valence-corrected chi connectivity index (χ4v) is 1.91. The lowest BCUT2D eigenvalue weighted by molar-refractivity contribution is -0.121. The van der Waals surface area contributed by atoms with E-state index in [0.29, 0.717) is 19.4 Å². The molecule has 0 bridgehead atoms. The van der Waals surface area contributed by atoms with E-state index in [1.807, 2.05) is 0 Å². The monoisotopic (exact) mass is 302 g/mol. The quantitative estimate of drug-likeness (QED) is 0.776. The standard InChI is InChI=1S/C15H23FN2O.ClH/c1-2-3-4-14(11-17)18-15(19)10-7-12-5-8-13(16)9-6-12;/h5-6,8-9,14H,2-4,7,10-11,17H2,1H3,(H,18,19);1H. The third-order valence-electron chi connectivity index (χ3n) is 3.11. The molecule has 0 saturated heterocycles. The highest BCUT2D eigenvalue weighted by atomic mass is 35.5. The Morgan fingerprint density at radius 1 is 1.35 bits per heavy atom. The number of nitrogens with one attached hydrogen (secondary N) is 1. The van der Waals surface area contributed by atoms with Gasteiger partial charge in [-0.25, -0.2) is 4.39 Å². The predicted molar refractivity (Wildman–Crippen MR) is 82.5 cm³/mol. The van der Waals surface area contributed by atoms with Crippen LogP contribution in [0.4, 0.5) is 4.39 Å². The van der Waals surface area contributed by atoms with Gasteiger partial charge in [0.1, 0.15) is 5.82 Å². The van der Waals surface area contributed by atoms with Crippen molar-refractivity contribution >= 4 is 18.3 Å². The second-order valence-electron chi connectivity index (χ2n) is 4.77. The van der Waals surface area contributed by atoms with Crippen LogP contribution in [0.5, 0.6) is 0 Å². The first kappa shape index (κ1) is 18.9. The van der Waals surface area contributed by atoms with Crippen LogP contribution in [0.3, 0.4) is 0 Å². The molecule has 0 spiro atoms. The summed E-state index contributed by atoms with van der Waals surface area (Å²) in [6, 6.07) is 6.31. The van der Waals surface area contributed by atoms with Crippen molar-refractivity contribution in [2.45, 2.75) is 45.1 Å². The van der Waals surface area contributed by atoms with Gasteiger partial charge in [-0.05, 0) is 30.5 Å².